The van der Waals surface area contributed by atoms with Crippen molar-refractivity contribution in [3.05, 3.63) is 30.3 Å². The fourth-order valence-electron chi connectivity index (χ4n) is 1.64. The lowest BCUT2D eigenvalue weighted by Crippen LogP contribution is -2.32. The summed E-state index contributed by atoms with van der Waals surface area (Å²) in [4.78, 5) is 13.6. The molecular formula is C14H21ClN2O. The van der Waals surface area contributed by atoms with Crippen molar-refractivity contribution >= 4 is 23.2 Å². The summed E-state index contributed by atoms with van der Waals surface area (Å²) in [6, 6.07) is 10.1. The average Bonchev–Trinajstić information content (AvgIpc) is 2.40. The van der Waals surface area contributed by atoms with Crippen LogP contribution in [-0.2, 0) is 4.79 Å². The van der Waals surface area contributed by atoms with Crippen LogP contribution in [0, 0.1) is 0 Å². The molecule has 1 aromatic rings. The number of hydrogen-bond donors (Lipinski definition) is 1. The summed E-state index contributed by atoms with van der Waals surface area (Å²) < 4.78 is 0. The molecule has 1 N–H and O–H groups in total. The summed E-state index contributed by atoms with van der Waals surface area (Å²) in [5.74, 6) is 0.742. The van der Waals surface area contributed by atoms with Gasteiger partial charge < -0.3 is 10.2 Å². The maximum absolute atomic E-state index is 11.5. The number of carbonyl (C=O) groups excluding carboxylic acids is 1. The van der Waals surface area contributed by atoms with E-state index in [0.717, 1.165) is 25.1 Å². The molecule has 0 aliphatic carbocycles. The molecule has 0 aromatic heterocycles. The van der Waals surface area contributed by atoms with E-state index < -0.39 is 0 Å². The summed E-state index contributed by atoms with van der Waals surface area (Å²) in [5, 5.41) is 2.92. The Morgan fingerprint density at radius 1 is 1.28 bits per heavy atom. The van der Waals surface area contributed by atoms with Gasteiger partial charge in [-0.25, -0.2) is 0 Å². The first-order valence-corrected chi connectivity index (χ1v) is 6.86. The summed E-state index contributed by atoms with van der Waals surface area (Å²) >= 11 is 5.56. The Hall–Kier alpha value is -1.22. The number of carbonyl (C=O) groups is 1. The minimum Gasteiger partial charge on any atom is -0.373 e. The third-order valence-electron chi connectivity index (χ3n) is 2.75. The van der Waals surface area contributed by atoms with Crippen LogP contribution in [0.3, 0.4) is 0 Å². The van der Waals surface area contributed by atoms with Gasteiger partial charge in [-0.1, -0.05) is 18.2 Å². The number of alkyl halides is 1. The average molecular weight is 269 g/mol. The molecular weight excluding hydrogens is 248 g/mol. The number of hydrogen-bond acceptors (Lipinski definition) is 2. The molecule has 0 spiro atoms. The number of amides is 1. The smallest absolute Gasteiger partial charge is 0.220 e. The zero-order valence-electron chi connectivity index (χ0n) is 10.9. The molecule has 18 heavy (non-hydrogen) atoms. The van der Waals surface area contributed by atoms with Crippen LogP contribution in [0.2, 0.25) is 0 Å². The van der Waals surface area contributed by atoms with Gasteiger partial charge in [0.25, 0.3) is 0 Å². The molecule has 4 heteroatoms. The zero-order valence-corrected chi connectivity index (χ0v) is 11.6. The van der Waals surface area contributed by atoms with E-state index in [-0.39, 0.29) is 5.91 Å². The van der Waals surface area contributed by atoms with Gasteiger partial charge in [0.15, 0.2) is 0 Å². The van der Waals surface area contributed by atoms with Gasteiger partial charge in [-0.2, -0.15) is 0 Å². The number of rotatable bonds is 8. The van der Waals surface area contributed by atoms with Crippen molar-refractivity contribution < 1.29 is 4.79 Å². The van der Waals surface area contributed by atoms with Crippen LogP contribution >= 0.6 is 11.6 Å². The predicted octanol–water partition coefficient (Wildman–Crippen LogP) is 2.65. The highest BCUT2D eigenvalue weighted by Gasteiger charge is 2.02. The first-order chi connectivity index (χ1) is 8.74. The molecule has 1 aromatic carbocycles. The van der Waals surface area contributed by atoms with Crippen LogP contribution in [0.15, 0.2) is 30.3 Å². The van der Waals surface area contributed by atoms with Crippen LogP contribution in [0.5, 0.6) is 0 Å². The van der Waals surface area contributed by atoms with Gasteiger partial charge in [0.05, 0.1) is 0 Å². The number of likely N-dealkylation sites (N-methyl/N-ethyl adjacent to an activating group) is 1. The topological polar surface area (TPSA) is 32.3 Å². The normalized spacial score (nSPS) is 10.1. The number of nitrogens with one attached hydrogen (secondary N) is 1. The Kier molecular flexibility index (Phi) is 7.26. The van der Waals surface area contributed by atoms with Crippen LogP contribution in [0.4, 0.5) is 5.69 Å². The minimum absolute atomic E-state index is 0.113. The molecule has 1 amide bonds. The van der Waals surface area contributed by atoms with E-state index >= 15 is 0 Å². The fourth-order valence-corrected chi connectivity index (χ4v) is 1.83. The van der Waals surface area contributed by atoms with Crippen LogP contribution in [-0.4, -0.2) is 31.9 Å². The number of para-hydroxylation sites is 1. The van der Waals surface area contributed by atoms with Gasteiger partial charge in [0, 0.05) is 38.1 Å². The summed E-state index contributed by atoms with van der Waals surface area (Å²) in [6.07, 6.45) is 2.34. The Labute approximate surface area is 114 Å². The maximum atomic E-state index is 11.5. The second-order valence-corrected chi connectivity index (χ2v) is 4.63. The number of benzene rings is 1. The summed E-state index contributed by atoms with van der Waals surface area (Å²) in [6.45, 7) is 1.48. The fraction of sp³-hybridized carbons (Fsp3) is 0.500. The summed E-state index contributed by atoms with van der Waals surface area (Å²) in [7, 11) is 2.02. The van der Waals surface area contributed by atoms with Crippen molar-refractivity contribution in [2.45, 2.75) is 19.3 Å². The zero-order chi connectivity index (χ0) is 13.2. The van der Waals surface area contributed by atoms with Crippen molar-refractivity contribution in [2.75, 3.05) is 30.9 Å². The van der Waals surface area contributed by atoms with Gasteiger partial charge in [-0.15, -0.1) is 11.6 Å². The third kappa shape index (κ3) is 5.92. The molecule has 0 bridgehead atoms. The van der Waals surface area contributed by atoms with Gasteiger partial charge in [0.2, 0.25) is 5.91 Å². The first-order valence-electron chi connectivity index (χ1n) is 6.33. The van der Waals surface area contributed by atoms with Crippen molar-refractivity contribution in [3.8, 4) is 0 Å². The van der Waals surface area contributed by atoms with E-state index in [1.54, 1.807) is 0 Å². The molecule has 0 aliphatic heterocycles. The number of unbranched alkanes of at least 4 members (excludes halogenated alkanes) is 1. The molecule has 0 unspecified atom stereocenters. The molecule has 0 atom stereocenters. The molecule has 3 nitrogen and oxygen atoms in total. The molecule has 0 saturated carbocycles. The lowest BCUT2D eigenvalue weighted by molar-refractivity contribution is -0.121. The third-order valence-corrected chi connectivity index (χ3v) is 3.02. The highest BCUT2D eigenvalue weighted by atomic mass is 35.5. The molecule has 0 fully saturated rings. The van der Waals surface area contributed by atoms with Gasteiger partial charge in [-0.3, -0.25) is 4.79 Å². The van der Waals surface area contributed by atoms with E-state index in [2.05, 4.69) is 22.3 Å². The predicted molar refractivity (Wildman–Crippen MR) is 77.3 cm³/mol. The monoisotopic (exact) mass is 268 g/mol. The molecule has 0 radical (unpaired) electrons. The quantitative estimate of drug-likeness (QED) is 0.581. The van der Waals surface area contributed by atoms with Crippen LogP contribution in [0.25, 0.3) is 0 Å². The molecule has 0 saturated heterocycles. The highest BCUT2D eigenvalue weighted by molar-refractivity contribution is 6.17. The number of nitrogens with zero attached hydrogens (tertiary/aromatic N) is 1. The van der Waals surface area contributed by atoms with E-state index in [1.165, 1.54) is 0 Å². The minimum atomic E-state index is 0.113. The second-order valence-electron chi connectivity index (χ2n) is 4.25. The highest BCUT2D eigenvalue weighted by Crippen LogP contribution is 2.09. The molecule has 0 heterocycles. The Balaban J connectivity index is 2.16. The molecule has 100 valence electrons. The van der Waals surface area contributed by atoms with Crippen molar-refractivity contribution in [3.63, 3.8) is 0 Å². The maximum Gasteiger partial charge on any atom is 0.220 e. The lowest BCUT2D eigenvalue weighted by atomic mass is 10.2. The van der Waals surface area contributed by atoms with Gasteiger partial charge in [0.1, 0.15) is 0 Å². The van der Waals surface area contributed by atoms with Crippen molar-refractivity contribution in [2.24, 2.45) is 0 Å². The second kappa shape index (κ2) is 8.81. The summed E-state index contributed by atoms with van der Waals surface area (Å²) in [5.41, 5.74) is 1.16. The van der Waals surface area contributed by atoms with E-state index in [1.807, 2.05) is 25.2 Å². The lowest BCUT2D eigenvalue weighted by Gasteiger charge is -2.19. The van der Waals surface area contributed by atoms with Crippen LogP contribution < -0.4 is 10.2 Å². The van der Waals surface area contributed by atoms with E-state index in [0.29, 0.717) is 18.8 Å². The number of halogens is 1. The Bertz CT molecular complexity index is 343. The first kappa shape index (κ1) is 14.8. The standard InChI is InChI=1S/C14H21ClN2O/c1-17(13-7-3-2-4-8-13)12-11-16-14(18)9-5-6-10-15/h2-4,7-8H,5-6,9-12H2,1H3,(H,16,18). The van der Waals surface area contributed by atoms with Crippen molar-refractivity contribution in [1.29, 1.82) is 0 Å². The number of anilines is 1. The molecule has 1 rings (SSSR count). The van der Waals surface area contributed by atoms with Gasteiger partial charge >= 0.3 is 0 Å². The molecule has 0 aliphatic rings. The van der Waals surface area contributed by atoms with E-state index in [9.17, 15) is 4.79 Å². The van der Waals surface area contributed by atoms with E-state index in [4.69, 9.17) is 11.6 Å². The van der Waals surface area contributed by atoms with Gasteiger partial charge in [-0.05, 0) is 25.0 Å². The Morgan fingerprint density at radius 2 is 2.00 bits per heavy atom. The van der Waals surface area contributed by atoms with Crippen LogP contribution in [0.1, 0.15) is 19.3 Å². The van der Waals surface area contributed by atoms with Crippen molar-refractivity contribution in [1.82, 2.24) is 5.32 Å². The largest absolute Gasteiger partial charge is 0.373 e. The Morgan fingerprint density at radius 3 is 2.67 bits per heavy atom. The SMILES string of the molecule is CN(CCNC(=O)CCCCCl)c1ccccc1.